The van der Waals surface area contributed by atoms with Crippen LogP contribution in [0.25, 0.3) is 0 Å². The molecular formula is C20H22ClN3O3. The third-order valence-electron chi connectivity index (χ3n) is 4.66. The fourth-order valence-electron chi connectivity index (χ4n) is 3.32. The second-order valence-corrected chi connectivity index (χ2v) is 6.91. The zero-order chi connectivity index (χ0) is 19.4. The number of urea groups is 1. The fourth-order valence-corrected chi connectivity index (χ4v) is 3.51. The number of benzene rings is 2. The molecule has 3 rings (SSSR count). The first kappa shape index (κ1) is 19.0. The van der Waals surface area contributed by atoms with E-state index in [-0.39, 0.29) is 23.9 Å². The highest BCUT2D eigenvalue weighted by Gasteiger charge is 2.36. The number of methoxy groups -OCH3 is 1. The summed E-state index contributed by atoms with van der Waals surface area (Å²) in [6.45, 7) is 2.40. The summed E-state index contributed by atoms with van der Waals surface area (Å²) in [6, 6.07) is 14.4. The molecule has 0 radical (unpaired) electrons. The monoisotopic (exact) mass is 387 g/mol. The standard InChI is InChI=1S/C20H22ClN3O3/c1-13(25)22-19-12-24(20(26)23-18-6-4-3-5-17(18)21)11-16(19)14-7-9-15(27-2)10-8-14/h3-10,16,19H,11-12H2,1-2H3,(H,22,25)(H,23,26)/t16-,19+/m0/s1. The van der Waals surface area contributed by atoms with Crippen LogP contribution in [-0.4, -0.2) is 43.1 Å². The molecule has 2 N–H and O–H groups in total. The number of amides is 3. The average molecular weight is 388 g/mol. The molecule has 6 nitrogen and oxygen atoms in total. The van der Waals surface area contributed by atoms with Gasteiger partial charge < -0.3 is 20.3 Å². The molecule has 2 aromatic rings. The van der Waals surface area contributed by atoms with E-state index in [1.165, 1.54) is 6.92 Å². The number of carbonyl (C=O) groups excluding carboxylic acids is 2. The van der Waals surface area contributed by atoms with E-state index in [0.717, 1.165) is 11.3 Å². The molecule has 0 bridgehead atoms. The van der Waals surface area contributed by atoms with E-state index < -0.39 is 0 Å². The topological polar surface area (TPSA) is 70.7 Å². The average Bonchev–Trinajstić information content (AvgIpc) is 3.07. The Morgan fingerprint density at radius 2 is 1.81 bits per heavy atom. The van der Waals surface area contributed by atoms with Gasteiger partial charge in [0.15, 0.2) is 0 Å². The lowest BCUT2D eigenvalue weighted by atomic mass is 9.94. The molecule has 0 aromatic heterocycles. The van der Waals surface area contributed by atoms with Gasteiger partial charge in [0.1, 0.15) is 5.75 Å². The fraction of sp³-hybridized carbons (Fsp3) is 0.300. The van der Waals surface area contributed by atoms with Gasteiger partial charge in [-0.1, -0.05) is 35.9 Å². The van der Waals surface area contributed by atoms with Gasteiger partial charge in [0.05, 0.1) is 23.9 Å². The number of anilines is 1. The first-order valence-corrected chi connectivity index (χ1v) is 9.07. The molecule has 0 saturated carbocycles. The van der Waals surface area contributed by atoms with E-state index in [4.69, 9.17) is 16.3 Å². The van der Waals surface area contributed by atoms with Crippen LogP contribution in [0.1, 0.15) is 18.4 Å². The molecule has 1 heterocycles. The highest BCUT2D eigenvalue weighted by molar-refractivity contribution is 6.33. The van der Waals surface area contributed by atoms with Crippen molar-refractivity contribution in [1.29, 1.82) is 0 Å². The van der Waals surface area contributed by atoms with Gasteiger partial charge in [-0.3, -0.25) is 4.79 Å². The Morgan fingerprint density at radius 3 is 2.44 bits per heavy atom. The van der Waals surface area contributed by atoms with Crippen molar-refractivity contribution in [3.8, 4) is 5.75 Å². The molecule has 0 spiro atoms. The van der Waals surface area contributed by atoms with Gasteiger partial charge in [-0.2, -0.15) is 0 Å². The van der Waals surface area contributed by atoms with Gasteiger partial charge in [-0.05, 0) is 29.8 Å². The van der Waals surface area contributed by atoms with Crippen LogP contribution >= 0.6 is 11.6 Å². The first-order valence-electron chi connectivity index (χ1n) is 8.69. The second kappa shape index (κ2) is 8.31. The van der Waals surface area contributed by atoms with E-state index in [1.54, 1.807) is 30.2 Å². The summed E-state index contributed by atoms with van der Waals surface area (Å²) in [5.74, 6) is 0.643. The molecule has 1 aliphatic heterocycles. The lowest BCUT2D eigenvalue weighted by Crippen LogP contribution is -2.40. The predicted molar refractivity (Wildman–Crippen MR) is 105 cm³/mol. The van der Waals surface area contributed by atoms with Crippen LogP contribution < -0.4 is 15.4 Å². The van der Waals surface area contributed by atoms with Crippen LogP contribution in [0.15, 0.2) is 48.5 Å². The number of ether oxygens (including phenoxy) is 1. The van der Waals surface area contributed by atoms with Crippen LogP contribution in [-0.2, 0) is 4.79 Å². The molecule has 7 heteroatoms. The Kier molecular flexibility index (Phi) is 5.86. The van der Waals surface area contributed by atoms with Crippen molar-refractivity contribution in [1.82, 2.24) is 10.2 Å². The van der Waals surface area contributed by atoms with Crippen molar-refractivity contribution in [3.63, 3.8) is 0 Å². The van der Waals surface area contributed by atoms with Crippen LogP contribution in [0.3, 0.4) is 0 Å². The number of hydrogen-bond donors (Lipinski definition) is 2. The summed E-state index contributed by atoms with van der Waals surface area (Å²) >= 11 is 6.12. The summed E-state index contributed by atoms with van der Waals surface area (Å²) in [5.41, 5.74) is 1.61. The minimum atomic E-state index is -0.241. The normalized spacial score (nSPS) is 18.9. The molecule has 142 valence electrons. The van der Waals surface area contributed by atoms with E-state index in [0.29, 0.717) is 23.8 Å². The minimum Gasteiger partial charge on any atom is -0.497 e. The van der Waals surface area contributed by atoms with Crippen molar-refractivity contribution in [3.05, 3.63) is 59.1 Å². The molecule has 3 amide bonds. The minimum absolute atomic E-state index is 0.00296. The molecule has 0 unspecified atom stereocenters. The van der Waals surface area contributed by atoms with Crippen LogP contribution in [0, 0.1) is 0 Å². The van der Waals surface area contributed by atoms with Crippen LogP contribution in [0.2, 0.25) is 5.02 Å². The quantitative estimate of drug-likeness (QED) is 0.843. The Labute approximate surface area is 163 Å². The summed E-state index contributed by atoms with van der Waals surface area (Å²) < 4.78 is 5.20. The molecule has 0 aliphatic carbocycles. The van der Waals surface area contributed by atoms with E-state index >= 15 is 0 Å². The number of nitrogens with one attached hydrogen (secondary N) is 2. The van der Waals surface area contributed by atoms with E-state index in [9.17, 15) is 9.59 Å². The second-order valence-electron chi connectivity index (χ2n) is 6.50. The molecule has 27 heavy (non-hydrogen) atoms. The molecule has 1 aliphatic rings. The zero-order valence-electron chi connectivity index (χ0n) is 15.2. The Bertz CT molecular complexity index is 825. The van der Waals surface area contributed by atoms with Gasteiger partial charge in [0.25, 0.3) is 0 Å². The Morgan fingerprint density at radius 1 is 1.11 bits per heavy atom. The summed E-state index contributed by atoms with van der Waals surface area (Å²) in [7, 11) is 1.62. The van der Waals surface area contributed by atoms with Gasteiger partial charge in [0, 0.05) is 25.9 Å². The van der Waals surface area contributed by atoms with E-state index in [1.807, 2.05) is 30.3 Å². The molecule has 1 fully saturated rings. The highest BCUT2D eigenvalue weighted by Crippen LogP contribution is 2.30. The Balaban J connectivity index is 1.76. The maximum absolute atomic E-state index is 12.7. The third kappa shape index (κ3) is 4.52. The lowest BCUT2D eigenvalue weighted by Gasteiger charge is -2.19. The van der Waals surface area contributed by atoms with Gasteiger partial charge in [-0.15, -0.1) is 0 Å². The van der Waals surface area contributed by atoms with E-state index in [2.05, 4.69) is 10.6 Å². The number of para-hydroxylation sites is 1. The number of likely N-dealkylation sites (tertiary alicyclic amines) is 1. The van der Waals surface area contributed by atoms with Crippen molar-refractivity contribution in [2.45, 2.75) is 18.9 Å². The zero-order valence-corrected chi connectivity index (χ0v) is 16.0. The van der Waals surface area contributed by atoms with Crippen molar-refractivity contribution in [2.75, 3.05) is 25.5 Å². The van der Waals surface area contributed by atoms with Crippen molar-refractivity contribution < 1.29 is 14.3 Å². The number of nitrogens with zero attached hydrogens (tertiary/aromatic N) is 1. The van der Waals surface area contributed by atoms with Crippen molar-refractivity contribution in [2.24, 2.45) is 0 Å². The maximum Gasteiger partial charge on any atom is 0.321 e. The first-order chi connectivity index (χ1) is 13.0. The van der Waals surface area contributed by atoms with Gasteiger partial charge >= 0.3 is 6.03 Å². The third-order valence-corrected chi connectivity index (χ3v) is 4.98. The van der Waals surface area contributed by atoms with Crippen molar-refractivity contribution >= 4 is 29.2 Å². The summed E-state index contributed by atoms with van der Waals surface area (Å²) in [5, 5.41) is 6.28. The van der Waals surface area contributed by atoms with Crippen LogP contribution in [0.4, 0.5) is 10.5 Å². The lowest BCUT2D eigenvalue weighted by molar-refractivity contribution is -0.119. The largest absolute Gasteiger partial charge is 0.497 e. The van der Waals surface area contributed by atoms with Gasteiger partial charge in [0.2, 0.25) is 5.91 Å². The number of carbonyl (C=O) groups is 2. The Hall–Kier alpha value is -2.73. The van der Waals surface area contributed by atoms with Crippen LogP contribution in [0.5, 0.6) is 5.75 Å². The number of hydrogen-bond acceptors (Lipinski definition) is 3. The molecule has 2 atom stereocenters. The summed E-state index contributed by atoms with van der Waals surface area (Å²) in [6.07, 6.45) is 0. The number of rotatable bonds is 4. The molecule has 1 saturated heterocycles. The molecular weight excluding hydrogens is 366 g/mol. The maximum atomic E-state index is 12.7. The number of halogens is 1. The molecule has 2 aromatic carbocycles. The SMILES string of the molecule is COc1ccc([C@@H]2CN(C(=O)Nc3ccccc3Cl)C[C@H]2NC(C)=O)cc1. The van der Waals surface area contributed by atoms with Gasteiger partial charge in [-0.25, -0.2) is 4.79 Å². The predicted octanol–water partition coefficient (Wildman–Crippen LogP) is 3.48. The smallest absolute Gasteiger partial charge is 0.321 e. The summed E-state index contributed by atoms with van der Waals surface area (Å²) in [4.78, 5) is 26.0. The highest BCUT2D eigenvalue weighted by atomic mass is 35.5.